The summed E-state index contributed by atoms with van der Waals surface area (Å²) in [5.74, 6) is 0. The van der Waals surface area contributed by atoms with Crippen molar-refractivity contribution in [3.63, 3.8) is 0 Å². The van der Waals surface area contributed by atoms with E-state index in [0.29, 0.717) is 0 Å². The van der Waals surface area contributed by atoms with Gasteiger partial charge in [-0.1, -0.05) is 11.6 Å². The van der Waals surface area contributed by atoms with E-state index >= 15 is 0 Å². The van der Waals surface area contributed by atoms with Crippen molar-refractivity contribution in [1.29, 1.82) is 0 Å². The third kappa shape index (κ3) is 3.52. The topological polar surface area (TPSA) is 30.7 Å². The molecule has 0 fully saturated rings. The predicted molar refractivity (Wildman–Crippen MR) is 39.4 cm³/mol. The van der Waals surface area contributed by atoms with E-state index in [1.807, 2.05) is 0 Å². The Morgan fingerprint density at radius 1 is 1.38 bits per heavy atom. The molecule has 0 amide bonds. The summed E-state index contributed by atoms with van der Waals surface area (Å²) in [7, 11) is 0. The summed E-state index contributed by atoms with van der Waals surface area (Å²) in [6.45, 7) is -3.24. The van der Waals surface area contributed by atoms with Crippen LogP contribution in [0.3, 0.4) is 0 Å². The number of hydrogen-bond donors (Lipinski definition) is 0. The van der Waals surface area contributed by atoms with Gasteiger partial charge in [0.25, 0.3) is 0 Å². The standard InChI is InChI=1S/C4H5BClF3N3.K/c1-2-12-10-3(4(6)11-12)5(7,8)9;/h2H2,1H3;/q-1;+1. The molecule has 9 heteroatoms. The molecule has 0 aliphatic heterocycles. The van der Waals surface area contributed by atoms with Gasteiger partial charge in [-0.15, -0.1) is 5.10 Å². The fraction of sp³-hybridized carbons (Fsp3) is 0.500. The molecular formula is C4H5BClF3KN3. The average molecular weight is 237 g/mol. The summed E-state index contributed by atoms with van der Waals surface area (Å²) in [6.07, 6.45) is 0. The summed E-state index contributed by atoms with van der Waals surface area (Å²) in [4.78, 5) is 0.910. The Labute approximate surface area is 120 Å². The largest absolute Gasteiger partial charge is 1.00 e. The first kappa shape index (κ1) is 13.9. The number of aromatic nitrogens is 3. The second-order valence-corrected chi connectivity index (χ2v) is 2.50. The summed E-state index contributed by atoms with van der Waals surface area (Å²) in [5, 5.41) is 5.96. The molecule has 0 saturated carbocycles. The minimum atomic E-state index is -5.14. The Morgan fingerprint density at radius 2 is 1.92 bits per heavy atom. The van der Waals surface area contributed by atoms with E-state index in [1.165, 1.54) is 0 Å². The summed E-state index contributed by atoms with van der Waals surface area (Å²) in [6, 6.07) is 0. The second-order valence-electron chi connectivity index (χ2n) is 2.14. The molecule has 3 nitrogen and oxygen atoms in total. The second kappa shape index (κ2) is 5.13. The maximum Gasteiger partial charge on any atom is 1.00 e. The zero-order chi connectivity index (χ0) is 9.35. The van der Waals surface area contributed by atoms with Gasteiger partial charge in [0.1, 0.15) is 5.15 Å². The third-order valence-electron chi connectivity index (χ3n) is 1.23. The molecule has 0 aromatic carbocycles. The molecule has 1 heterocycles. The zero-order valence-corrected chi connectivity index (χ0v) is 11.0. The van der Waals surface area contributed by atoms with Gasteiger partial charge >= 0.3 is 58.4 Å². The number of nitrogens with zero attached hydrogens (tertiary/aromatic N) is 3. The van der Waals surface area contributed by atoms with Crippen molar-refractivity contribution in [2.24, 2.45) is 0 Å². The van der Waals surface area contributed by atoms with E-state index in [-0.39, 0.29) is 57.9 Å². The molecule has 0 spiro atoms. The smallest absolute Gasteiger partial charge is 0.444 e. The van der Waals surface area contributed by atoms with Crippen molar-refractivity contribution in [2.75, 3.05) is 0 Å². The van der Waals surface area contributed by atoms with Gasteiger partial charge in [-0.2, -0.15) is 9.90 Å². The fourth-order valence-electron chi connectivity index (χ4n) is 0.682. The third-order valence-corrected chi connectivity index (χ3v) is 1.50. The molecule has 1 aromatic heterocycles. The Morgan fingerprint density at radius 3 is 2.15 bits per heavy atom. The van der Waals surface area contributed by atoms with Gasteiger partial charge in [-0.3, -0.25) is 0 Å². The van der Waals surface area contributed by atoms with Crippen LogP contribution < -0.4 is 57.0 Å². The molecular weight excluding hydrogens is 232 g/mol. The van der Waals surface area contributed by atoms with Gasteiger partial charge in [0, 0.05) is 5.59 Å². The van der Waals surface area contributed by atoms with Gasteiger partial charge in [-0.05, 0) is 6.92 Å². The van der Waals surface area contributed by atoms with E-state index in [1.54, 1.807) is 6.92 Å². The first-order valence-corrected chi connectivity index (χ1v) is 3.63. The molecule has 0 aliphatic rings. The normalized spacial score (nSPS) is 11.2. The van der Waals surface area contributed by atoms with E-state index < -0.39 is 17.7 Å². The zero-order valence-electron chi connectivity index (χ0n) is 7.14. The van der Waals surface area contributed by atoms with Crippen molar-refractivity contribution in [1.82, 2.24) is 15.0 Å². The van der Waals surface area contributed by atoms with Crippen LogP contribution in [-0.4, -0.2) is 22.0 Å². The van der Waals surface area contributed by atoms with Crippen molar-refractivity contribution in [2.45, 2.75) is 13.5 Å². The number of aryl methyl sites for hydroxylation is 1. The van der Waals surface area contributed by atoms with Crippen LogP contribution in [0.25, 0.3) is 0 Å². The predicted octanol–water partition coefficient (Wildman–Crippen LogP) is -1.99. The van der Waals surface area contributed by atoms with Gasteiger partial charge in [0.15, 0.2) is 0 Å². The van der Waals surface area contributed by atoms with Gasteiger partial charge in [0.2, 0.25) is 0 Å². The maximum absolute atomic E-state index is 12.1. The van der Waals surface area contributed by atoms with Gasteiger partial charge in [-0.25, -0.2) is 0 Å². The summed E-state index contributed by atoms with van der Waals surface area (Å²) < 4.78 is 36.2. The van der Waals surface area contributed by atoms with Crippen LogP contribution in [0.15, 0.2) is 0 Å². The molecule has 1 aromatic rings. The molecule has 13 heavy (non-hydrogen) atoms. The SMILES string of the molecule is CCn1nc(Cl)c([B-](F)(F)F)n1.[K+]. The van der Waals surface area contributed by atoms with Crippen molar-refractivity contribution in [3.05, 3.63) is 5.15 Å². The van der Waals surface area contributed by atoms with E-state index in [0.717, 1.165) is 4.80 Å². The van der Waals surface area contributed by atoms with E-state index in [9.17, 15) is 12.9 Å². The molecule has 68 valence electrons. The molecule has 0 unspecified atom stereocenters. The van der Waals surface area contributed by atoms with E-state index in [4.69, 9.17) is 11.6 Å². The van der Waals surface area contributed by atoms with Crippen LogP contribution in [0.2, 0.25) is 5.15 Å². The minimum absolute atomic E-state index is 0. The maximum atomic E-state index is 12.1. The Balaban J connectivity index is 0.00000144. The van der Waals surface area contributed by atoms with Crippen molar-refractivity contribution < 1.29 is 64.3 Å². The molecule has 1 rings (SSSR count). The summed E-state index contributed by atoms with van der Waals surface area (Å²) in [5.41, 5.74) is -1.07. The van der Waals surface area contributed by atoms with Crippen LogP contribution in [-0.2, 0) is 6.54 Å². The molecule has 0 radical (unpaired) electrons. The number of halogens is 4. The summed E-state index contributed by atoms with van der Waals surface area (Å²) >= 11 is 5.21. The molecule has 0 atom stereocenters. The first-order chi connectivity index (χ1) is 5.45. The number of rotatable bonds is 2. The van der Waals surface area contributed by atoms with Crippen LogP contribution in [0.5, 0.6) is 0 Å². The van der Waals surface area contributed by atoms with Crippen molar-refractivity contribution >= 4 is 24.2 Å². The molecule has 0 saturated heterocycles. The van der Waals surface area contributed by atoms with Crippen molar-refractivity contribution in [3.8, 4) is 0 Å². The average Bonchev–Trinajstić information content (AvgIpc) is 2.29. The molecule has 0 aliphatic carbocycles. The fourth-order valence-corrected chi connectivity index (χ4v) is 0.931. The van der Waals surface area contributed by atoms with Crippen LogP contribution in [0.1, 0.15) is 6.92 Å². The quantitative estimate of drug-likeness (QED) is 0.558. The van der Waals surface area contributed by atoms with Gasteiger partial charge < -0.3 is 12.9 Å². The molecule has 0 N–H and O–H groups in total. The van der Waals surface area contributed by atoms with Crippen LogP contribution in [0.4, 0.5) is 12.9 Å². The van der Waals surface area contributed by atoms with Crippen LogP contribution >= 0.6 is 11.6 Å². The van der Waals surface area contributed by atoms with E-state index in [2.05, 4.69) is 10.2 Å². The Bertz CT molecular complexity index is 289. The first-order valence-electron chi connectivity index (χ1n) is 3.25. The Hall–Kier alpha value is 0.921. The minimum Gasteiger partial charge on any atom is -0.444 e. The Kier molecular flexibility index (Phi) is 5.49. The number of hydrogen-bond acceptors (Lipinski definition) is 2. The van der Waals surface area contributed by atoms with Gasteiger partial charge in [0.05, 0.1) is 6.54 Å². The molecule has 0 bridgehead atoms. The van der Waals surface area contributed by atoms with Crippen LogP contribution in [0, 0.1) is 0 Å². The monoisotopic (exact) mass is 237 g/mol.